The third-order valence-electron chi connectivity index (χ3n) is 8.46. The van der Waals surface area contributed by atoms with Gasteiger partial charge in [-0.15, -0.1) is 0 Å². The summed E-state index contributed by atoms with van der Waals surface area (Å²) in [5, 5.41) is 3.45. The van der Waals surface area contributed by atoms with Crippen molar-refractivity contribution in [2.45, 2.75) is 25.7 Å². The van der Waals surface area contributed by atoms with Crippen molar-refractivity contribution in [2.24, 2.45) is 7.05 Å². The average molecular weight is 658 g/mol. The van der Waals surface area contributed by atoms with Gasteiger partial charge in [0.2, 0.25) is 5.88 Å². The minimum atomic E-state index is -4.48. The van der Waals surface area contributed by atoms with Crippen molar-refractivity contribution >= 4 is 28.4 Å². The molecule has 0 bridgehead atoms. The number of aryl methyl sites for hydroxylation is 1. The average Bonchev–Trinajstić information content (AvgIpc) is 3.40. The van der Waals surface area contributed by atoms with E-state index in [2.05, 4.69) is 34.3 Å². The number of anilines is 1. The number of aromatic nitrogens is 2. The van der Waals surface area contributed by atoms with Crippen LogP contribution in [0, 0.1) is 0 Å². The summed E-state index contributed by atoms with van der Waals surface area (Å²) in [6.07, 6.45) is -3.08. The summed E-state index contributed by atoms with van der Waals surface area (Å²) in [7, 11) is 3.53. The van der Waals surface area contributed by atoms with Gasteiger partial charge in [0.05, 0.1) is 24.6 Å². The molecule has 2 aromatic heterocycles. The third-order valence-corrected chi connectivity index (χ3v) is 8.46. The molecule has 5 aromatic rings. The molecule has 1 aliphatic rings. The number of fused-ring (bicyclic) bond motifs is 1. The van der Waals surface area contributed by atoms with Gasteiger partial charge in [-0.25, -0.2) is 4.98 Å². The molecule has 1 N–H and O–H groups in total. The van der Waals surface area contributed by atoms with Crippen LogP contribution in [0.4, 0.5) is 18.9 Å². The first-order chi connectivity index (χ1) is 23.0. The monoisotopic (exact) mass is 657 g/mol. The van der Waals surface area contributed by atoms with Crippen LogP contribution in [0.1, 0.15) is 38.9 Å². The fourth-order valence-electron chi connectivity index (χ4n) is 5.86. The second kappa shape index (κ2) is 13.4. The Labute approximate surface area is 275 Å². The highest BCUT2D eigenvalue weighted by atomic mass is 19.4. The van der Waals surface area contributed by atoms with Gasteiger partial charge in [-0.3, -0.25) is 14.5 Å². The number of halogens is 3. The number of carbonyl (C=O) groups is 2. The fraction of sp³-hybridized carbons (Fsp3) is 0.250. The number of ether oxygens (including phenoxy) is 2. The van der Waals surface area contributed by atoms with Crippen LogP contribution >= 0.6 is 0 Å². The number of hydrogen-bond donors (Lipinski definition) is 1. The van der Waals surface area contributed by atoms with Crippen LogP contribution in [0.25, 0.3) is 10.9 Å². The number of nitrogens with one attached hydrogen (secondary N) is 1. The van der Waals surface area contributed by atoms with E-state index in [1.165, 1.54) is 11.8 Å². The Morgan fingerprint density at radius 2 is 1.67 bits per heavy atom. The van der Waals surface area contributed by atoms with Gasteiger partial charge in [0.15, 0.2) is 0 Å². The van der Waals surface area contributed by atoms with Gasteiger partial charge in [-0.05, 0) is 79.2 Å². The minimum Gasteiger partial charge on any atom is -0.497 e. The summed E-state index contributed by atoms with van der Waals surface area (Å²) in [6.45, 7) is 5.05. The zero-order chi connectivity index (χ0) is 34.0. The molecule has 3 heterocycles. The first kappa shape index (κ1) is 32.6. The molecule has 0 aliphatic carbocycles. The summed E-state index contributed by atoms with van der Waals surface area (Å²) in [5.41, 5.74) is 2.27. The van der Waals surface area contributed by atoms with Crippen molar-refractivity contribution in [3.05, 3.63) is 114 Å². The predicted molar refractivity (Wildman–Crippen MR) is 175 cm³/mol. The second-order valence-corrected chi connectivity index (χ2v) is 11.8. The zero-order valence-corrected chi connectivity index (χ0v) is 26.6. The molecule has 1 atom stereocenters. The Morgan fingerprint density at radius 1 is 0.938 bits per heavy atom. The van der Waals surface area contributed by atoms with Gasteiger partial charge >= 0.3 is 6.18 Å². The molecule has 0 unspecified atom stereocenters. The van der Waals surface area contributed by atoms with E-state index in [4.69, 9.17) is 9.47 Å². The number of benzene rings is 3. The number of amides is 2. The van der Waals surface area contributed by atoms with Gasteiger partial charge in [-0.2, -0.15) is 13.2 Å². The SMILES string of the molecule is COc1ccc(CN2CCN(C(=O)c3cc4cc(Oc5ccc(NC(=O)c6ccc(C(F)(F)F)cc6)cn5)ccc4n3C)[C@H](C)C2)cc1. The minimum absolute atomic E-state index is 0.0247. The summed E-state index contributed by atoms with van der Waals surface area (Å²) < 4.78 is 51.5. The number of carbonyl (C=O) groups excluding carboxylic acids is 2. The molecule has 3 aromatic carbocycles. The molecule has 48 heavy (non-hydrogen) atoms. The summed E-state index contributed by atoms with van der Waals surface area (Å²) in [6, 6.07) is 22.6. The first-order valence-corrected chi connectivity index (χ1v) is 15.4. The summed E-state index contributed by atoms with van der Waals surface area (Å²) in [5.74, 6) is 1.03. The van der Waals surface area contributed by atoms with Crippen LogP contribution in [-0.4, -0.2) is 64.0 Å². The predicted octanol–water partition coefficient (Wildman–Crippen LogP) is 6.99. The van der Waals surface area contributed by atoms with E-state index in [-0.39, 0.29) is 23.4 Å². The highest BCUT2D eigenvalue weighted by Gasteiger charge is 2.31. The highest BCUT2D eigenvalue weighted by molar-refractivity contribution is 6.04. The molecule has 2 amide bonds. The van der Waals surface area contributed by atoms with Crippen LogP contribution in [0.2, 0.25) is 0 Å². The van der Waals surface area contributed by atoms with Gasteiger partial charge in [0, 0.05) is 61.8 Å². The number of rotatable bonds is 8. The van der Waals surface area contributed by atoms with Gasteiger partial charge in [-0.1, -0.05) is 12.1 Å². The van der Waals surface area contributed by atoms with Crippen molar-refractivity contribution in [3.8, 4) is 17.4 Å². The van der Waals surface area contributed by atoms with Crippen molar-refractivity contribution in [1.29, 1.82) is 0 Å². The lowest BCUT2D eigenvalue weighted by Crippen LogP contribution is -2.53. The van der Waals surface area contributed by atoms with Gasteiger partial charge in [0.25, 0.3) is 11.8 Å². The Morgan fingerprint density at radius 3 is 2.31 bits per heavy atom. The van der Waals surface area contributed by atoms with Gasteiger partial charge in [0.1, 0.15) is 17.2 Å². The Bertz CT molecular complexity index is 1920. The Hall–Kier alpha value is -5.36. The van der Waals surface area contributed by atoms with Crippen molar-refractivity contribution < 1.29 is 32.2 Å². The van der Waals surface area contributed by atoms with E-state index in [0.29, 0.717) is 23.7 Å². The Kier molecular flexibility index (Phi) is 9.09. The molecule has 0 radical (unpaired) electrons. The molecular weight excluding hydrogens is 623 g/mol. The van der Waals surface area contributed by atoms with E-state index in [1.807, 2.05) is 46.8 Å². The maximum absolute atomic E-state index is 13.7. The molecule has 6 rings (SSSR count). The molecular formula is C36H34F3N5O4. The van der Waals surface area contributed by atoms with Crippen molar-refractivity contribution in [3.63, 3.8) is 0 Å². The number of hydrogen-bond acceptors (Lipinski definition) is 6. The standard InChI is InChI=1S/C36H34F3N5O4/c1-23-21-43(22-24-4-11-29(47-3)12-5-24)16-17-44(23)35(46)32-19-26-18-30(13-14-31(26)42(32)2)48-33-15-10-28(20-40-33)41-34(45)25-6-8-27(9-7-25)36(37,38)39/h4-15,18-20,23H,16-17,21-22H2,1-3H3,(H,41,45)/t23-/m1/s1. The van der Waals surface area contributed by atoms with Gasteiger partial charge < -0.3 is 24.3 Å². The van der Waals surface area contributed by atoms with E-state index in [9.17, 15) is 22.8 Å². The van der Waals surface area contributed by atoms with Crippen molar-refractivity contribution in [1.82, 2.24) is 19.4 Å². The van der Waals surface area contributed by atoms with E-state index < -0.39 is 17.6 Å². The maximum Gasteiger partial charge on any atom is 0.416 e. The van der Waals surface area contributed by atoms with E-state index >= 15 is 0 Å². The number of piperazine rings is 1. The summed E-state index contributed by atoms with van der Waals surface area (Å²) >= 11 is 0. The quantitative estimate of drug-likeness (QED) is 0.194. The third kappa shape index (κ3) is 7.13. The molecule has 12 heteroatoms. The number of methoxy groups -OCH3 is 1. The number of nitrogens with zero attached hydrogens (tertiary/aromatic N) is 4. The second-order valence-electron chi connectivity index (χ2n) is 11.8. The largest absolute Gasteiger partial charge is 0.497 e. The number of pyridine rings is 1. The molecule has 0 saturated carbocycles. The fourth-order valence-corrected chi connectivity index (χ4v) is 5.86. The first-order valence-electron chi connectivity index (χ1n) is 15.4. The van der Waals surface area contributed by atoms with Crippen LogP contribution < -0.4 is 14.8 Å². The number of alkyl halides is 3. The van der Waals surface area contributed by atoms with E-state index in [1.54, 1.807) is 25.3 Å². The normalized spacial score (nSPS) is 15.4. The molecule has 1 saturated heterocycles. The smallest absolute Gasteiger partial charge is 0.416 e. The Balaban J connectivity index is 1.07. The van der Waals surface area contributed by atoms with E-state index in [0.717, 1.165) is 60.6 Å². The lowest BCUT2D eigenvalue weighted by Gasteiger charge is -2.40. The molecule has 1 fully saturated rings. The van der Waals surface area contributed by atoms with Crippen LogP contribution in [0.5, 0.6) is 17.4 Å². The van der Waals surface area contributed by atoms with Crippen LogP contribution in [-0.2, 0) is 19.8 Å². The highest BCUT2D eigenvalue weighted by Crippen LogP contribution is 2.30. The maximum atomic E-state index is 13.7. The zero-order valence-electron chi connectivity index (χ0n) is 26.6. The van der Waals surface area contributed by atoms with Crippen LogP contribution in [0.3, 0.4) is 0 Å². The molecule has 1 aliphatic heterocycles. The lowest BCUT2D eigenvalue weighted by atomic mass is 10.1. The van der Waals surface area contributed by atoms with Crippen LogP contribution in [0.15, 0.2) is 91.1 Å². The molecule has 9 nitrogen and oxygen atoms in total. The van der Waals surface area contributed by atoms with Crippen molar-refractivity contribution in [2.75, 3.05) is 32.1 Å². The summed E-state index contributed by atoms with van der Waals surface area (Å²) in [4.78, 5) is 34.7. The lowest BCUT2D eigenvalue weighted by molar-refractivity contribution is -0.137. The molecule has 248 valence electrons. The topological polar surface area (TPSA) is 88.9 Å². The molecule has 0 spiro atoms.